The van der Waals surface area contributed by atoms with Crippen molar-refractivity contribution in [3.8, 4) is 11.5 Å². The molecule has 2 aromatic rings. The molecule has 4 heterocycles. The van der Waals surface area contributed by atoms with Crippen molar-refractivity contribution in [2.45, 2.75) is 51.4 Å². The van der Waals surface area contributed by atoms with Crippen LogP contribution in [-0.2, 0) is 6.18 Å². The summed E-state index contributed by atoms with van der Waals surface area (Å²) in [7, 11) is 0. The Kier molecular flexibility index (Phi) is 6.52. The van der Waals surface area contributed by atoms with Crippen LogP contribution in [0.2, 0.25) is 0 Å². The van der Waals surface area contributed by atoms with Gasteiger partial charge in [-0.2, -0.15) is 13.2 Å². The maximum absolute atomic E-state index is 12.9. The summed E-state index contributed by atoms with van der Waals surface area (Å²) in [5.74, 6) is 0.932. The molecular weight excluding hydrogens is 405 g/mol. The molecule has 2 aromatic heterocycles. The second-order valence-electron chi connectivity index (χ2n) is 8.76. The Bertz CT molecular complexity index is 857. The number of aromatic nitrogens is 3. The molecule has 4 rings (SSSR count). The monoisotopic (exact) mass is 436 g/mol. The first-order valence-electron chi connectivity index (χ1n) is 11.1. The van der Waals surface area contributed by atoms with Gasteiger partial charge in [-0.25, -0.2) is 9.97 Å². The molecule has 0 saturated carbocycles. The molecule has 9 heteroatoms. The predicted octanol–water partition coefficient (Wildman–Crippen LogP) is 3.88. The Morgan fingerprint density at radius 2 is 1.81 bits per heavy atom. The van der Waals surface area contributed by atoms with Crippen LogP contribution >= 0.6 is 0 Å². The van der Waals surface area contributed by atoms with Crippen molar-refractivity contribution in [1.29, 1.82) is 0 Å². The second-order valence-corrected chi connectivity index (χ2v) is 8.76. The van der Waals surface area contributed by atoms with Gasteiger partial charge in [0.2, 0.25) is 0 Å². The minimum absolute atomic E-state index is 0.141. The number of imidazole rings is 1. The molecule has 2 fully saturated rings. The summed E-state index contributed by atoms with van der Waals surface area (Å²) < 4.78 is 38.6. The topological polar surface area (TPSA) is 51.3 Å². The Morgan fingerprint density at radius 1 is 1.03 bits per heavy atom. The number of halogens is 3. The summed E-state index contributed by atoms with van der Waals surface area (Å²) in [4.78, 5) is 18.2. The molecule has 0 aliphatic carbocycles. The van der Waals surface area contributed by atoms with Crippen LogP contribution in [0.3, 0.4) is 0 Å². The maximum atomic E-state index is 12.9. The predicted molar refractivity (Wildman–Crippen MR) is 115 cm³/mol. The lowest BCUT2D eigenvalue weighted by Gasteiger charge is -2.39. The third-order valence-electron chi connectivity index (χ3n) is 6.46. The van der Waals surface area contributed by atoms with Crippen LogP contribution in [0.5, 0.6) is 0 Å². The molecule has 6 nitrogen and oxygen atoms in total. The number of hydrogen-bond acceptors (Lipinski definition) is 5. The molecule has 170 valence electrons. The highest BCUT2D eigenvalue weighted by molar-refractivity contribution is 5.54. The molecule has 0 radical (unpaired) electrons. The molecule has 31 heavy (non-hydrogen) atoms. The van der Waals surface area contributed by atoms with Crippen molar-refractivity contribution in [2.24, 2.45) is 0 Å². The van der Waals surface area contributed by atoms with Gasteiger partial charge in [0.15, 0.2) is 5.82 Å². The first kappa shape index (κ1) is 22.1. The Morgan fingerprint density at radius 3 is 2.48 bits per heavy atom. The number of nitrogens with one attached hydrogen (secondary N) is 1. The van der Waals surface area contributed by atoms with Crippen LogP contribution in [-0.4, -0.2) is 76.1 Å². The second kappa shape index (κ2) is 9.16. The zero-order valence-electron chi connectivity index (χ0n) is 18.2. The number of piperidine rings is 1. The highest BCUT2D eigenvalue weighted by Crippen LogP contribution is 2.29. The SMILES string of the molecule is CC(C)N1CCC(N2CCCN(c3cccc(-c4ncc(C(F)(F)F)[nH]4)n3)CC2)CC1. The summed E-state index contributed by atoms with van der Waals surface area (Å²) in [6.45, 7) is 10.7. The first-order chi connectivity index (χ1) is 14.8. The molecule has 0 spiro atoms. The Hall–Kier alpha value is -2.13. The van der Waals surface area contributed by atoms with Gasteiger partial charge >= 0.3 is 6.18 Å². The highest BCUT2D eigenvalue weighted by Gasteiger charge is 2.33. The summed E-state index contributed by atoms with van der Waals surface area (Å²) in [6.07, 6.45) is -0.145. The minimum Gasteiger partial charge on any atom is -0.355 e. The van der Waals surface area contributed by atoms with Gasteiger partial charge in [-0.15, -0.1) is 0 Å². The molecule has 0 unspecified atom stereocenters. The third kappa shape index (κ3) is 5.20. The fourth-order valence-electron chi connectivity index (χ4n) is 4.63. The number of nitrogens with zero attached hydrogens (tertiary/aromatic N) is 5. The van der Waals surface area contributed by atoms with Crippen LogP contribution in [0.15, 0.2) is 24.4 Å². The van der Waals surface area contributed by atoms with E-state index in [0.717, 1.165) is 57.7 Å². The number of H-pyrrole nitrogens is 1. The number of likely N-dealkylation sites (tertiary alicyclic amines) is 1. The van der Waals surface area contributed by atoms with Gasteiger partial charge in [-0.05, 0) is 58.3 Å². The van der Waals surface area contributed by atoms with Gasteiger partial charge in [0.25, 0.3) is 0 Å². The smallest absolute Gasteiger partial charge is 0.355 e. The fourth-order valence-corrected chi connectivity index (χ4v) is 4.63. The van der Waals surface area contributed by atoms with Crippen LogP contribution in [0.4, 0.5) is 19.0 Å². The van der Waals surface area contributed by atoms with Crippen LogP contribution in [0.25, 0.3) is 11.5 Å². The molecule has 0 atom stereocenters. The van der Waals surface area contributed by atoms with Crippen LogP contribution in [0.1, 0.15) is 38.8 Å². The quantitative estimate of drug-likeness (QED) is 0.789. The molecule has 2 aliphatic rings. The molecule has 2 saturated heterocycles. The van der Waals surface area contributed by atoms with Crippen molar-refractivity contribution in [3.05, 3.63) is 30.1 Å². The van der Waals surface area contributed by atoms with Gasteiger partial charge in [0.05, 0.1) is 6.20 Å². The van der Waals surface area contributed by atoms with E-state index in [1.807, 2.05) is 12.1 Å². The normalized spacial score (nSPS) is 20.4. The highest BCUT2D eigenvalue weighted by atomic mass is 19.4. The van der Waals surface area contributed by atoms with Gasteiger partial charge in [0.1, 0.15) is 17.2 Å². The number of pyridine rings is 1. The average Bonchev–Trinajstić information content (AvgIpc) is 3.14. The minimum atomic E-state index is -4.44. The number of alkyl halides is 3. The number of anilines is 1. The van der Waals surface area contributed by atoms with Gasteiger partial charge in [-0.1, -0.05) is 6.07 Å². The largest absolute Gasteiger partial charge is 0.432 e. The summed E-state index contributed by atoms with van der Waals surface area (Å²) >= 11 is 0. The standard InChI is InChI=1S/C22H31F3N6/c1-16(2)29-11-7-17(8-12-29)30-9-4-10-31(14-13-30)20-6-3-5-18(27-20)21-26-15-19(28-21)22(23,24)25/h3,5-6,15-17H,4,7-14H2,1-2H3,(H,26,28). The molecule has 2 aliphatic heterocycles. The van der Waals surface area contributed by atoms with Crippen molar-refractivity contribution in [1.82, 2.24) is 24.8 Å². The molecule has 0 aromatic carbocycles. The average molecular weight is 437 g/mol. The molecule has 0 amide bonds. The first-order valence-corrected chi connectivity index (χ1v) is 11.1. The van der Waals surface area contributed by atoms with E-state index >= 15 is 0 Å². The lowest BCUT2D eigenvalue weighted by Crippen LogP contribution is -2.47. The van der Waals surface area contributed by atoms with E-state index in [9.17, 15) is 13.2 Å². The summed E-state index contributed by atoms with van der Waals surface area (Å²) in [5.41, 5.74) is -0.432. The van der Waals surface area contributed by atoms with E-state index in [-0.39, 0.29) is 5.82 Å². The van der Waals surface area contributed by atoms with E-state index < -0.39 is 11.9 Å². The van der Waals surface area contributed by atoms with Crippen molar-refractivity contribution in [2.75, 3.05) is 44.2 Å². The van der Waals surface area contributed by atoms with E-state index in [1.54, 1.807) is 6.07 Å². The fraction of sp³-hybridized carbons (Fsp3) is 0.636. The van der Waals surface area contributed by atoms with Crippen molar-refractivity contribution in [3.63, 3.8) is 0 Å². The lowest BCUT2D eigenvalue weighted by atomic mass is 10.0. The third-order valence-corrected chi connectivity index (χ3v) is 6.46. The number of aromatic amines is 1. The summed E-state index contributed by atoms with van der Waals surface area (Å²) in [5, 5.41) is 0. The molecule has 0 bridgehead atoms. The van der Waals surface area contributed by atoms with Gasteiger partial charge in [-0.3, -0.25) is 4.90 Å². The van der Waals surface area contributed by atoms with Crippen LogP contribution < -0.4 is 4.90 Å². The van der Waals surface area contributed by atoms with E-state index in [0.29, 0.717) is 17.8 Å². The Labute approximate surface area is 181 Å². The Balaban J connectivity index is 1.40. The molecule has 1 N–H and O–H groups in total. The van der Waals surface area contributed by atoms with E-state index in [1.165, 1.54) is 12.8 Å². The molecular formula is C22H31F3N6. The van der Waals surface area contributed by atoms with Crippen molar-refractivity contribution >= 4 is 5.82 Å². The van der Waals surface area contributed by atoms with Gasteiger partial charge < -0.3 is 14.8 Å². The number of rotatable bonds is 4. The zero-order valence-corrected chi connectivity index (χ0v) is 18.2. The van der Waals surface area contributed by atoms with Crippen LogP contribution in [0, 0.1) is 0 Å². The number of hydrogen-bond donors (Lipinski definition) is 1. The summed E-state index contributed by atoms with van der Waals surface area (Å²) in [6, 6.07) is 6.69. The van der Waals surface area contributed by atoms with E-state index in [2.05, 4.69) is 43.5 Å². The van der Waals surface area contributed by atoms with Crippen molar-refractivity contribution < 1.29 is 13.2 Å². The zero-order chi connectivity index (χ0) is 22.0. The van der Waals surface area contributed by atoms with E-state index in [4.69, 9.17) is 0 Å². The van der Waals surface area contributed by atoms with Gasteiger partial charge in [0, 0.05) is 38.3 Å². The maximum Gasteiger partial charge on any atom is 0.432 e. The lowest BCUT2D eigenvalue weighted by molar-refractivity contribution is -0.140.